The van der Waals surface area contributed by atoms with Crippen LogP contribution in [0.3, 0.4) is 0 Å². The predicted molar refractivity (Wildman–Crippen MR) is 140 cm³/mol. The average Bonchev–Trinajstić information content (AvgIpc) is 3.45. The minimum absolute atomic E-state index is 0. The number of aromatic amines is 1. The maximum Gasteiger partial charge on any atom is 0.284 e. The van der Waals surface area contributed by atoms with E-state index in [-0.39, 0.29) is 23.6 Å². The third-order valence-electron chi connectivity index (χ3n) is 6.55. The molecule has 2 aromatic carbocycles. The van der Waals surface area contributed by atoms with Gasteiger partial charge in [-0.2, -0.15) is 5.26 Å². The lowest BCUT2D eigenvalue weighted by atomic mass is 10.1. The molecule has 0 aliphatic carbocycles. The number of hydrogen-bond acceptors (Lipinski definition) is 5. The molecule has 0 spiro atoms. The highest BCUT2D eigenvalue weighted by atomic mass is 35.5. The van der Waals surface area contributed by atoms with E-state index in [1.807, 2.05) is 24.3 Å². The third kappa shape index (κ3) is 5.60. The van der Waals surface area contributed by atoms with Gasteiger partial charge in [0.05, 0.1) is 11.6 Å². The van der Waals surface area contributed by atoms with Crippen LogP contribution >= 0.6 is 12.4 Å². The summed E-state index contributed by atoms with van der Waals surface area (Å²) < 4.78 is 5.49. The SMILES string of the molecule is Cl.N#Cc1ccc2c(CCCCN3CCN(c4ccc5oc(C(N)=O)cc5c4)CC3)c[nH]c2c1.O. The van der Waals surface area contributed by atoms with E-state index in [2.05, 4.69) is 39.2 Å². The van der Waals surface area contributed by atoms with Gasteiger partial charge in [0, 0.05) is 54.4 Å². The van der Waals surface area contributed by atoms with E-state index in [1.165, 1.54) is 17.4 Å². The van der Waals surface area contributed by atoms with Gasteiger partial charge in [0.25, 0.3) is 5.91 Å². The summed E-state index contributed by atoms with van der Waals surface area (Å²) in [6.45, 7) is 5.16. The first-order chi connectivity index (χ1) is 16.1. The van der Waals surface area contributed by atoms with E-state index in [9.17, 15) is 4.79 Å². The van der Waals surface area contributed by atoms with Crippen LogP contribution in [0.5, 0.6) is 0 Å². The second-order valence-corrected chi connectivity index (χ2v) is 8.67. The van der Waals surface area contributed by atoms with Gasteiger partial charge in [0.1, 0.15) is 5.58 Å². The number of nitriles is 1. The van der Waals surface area contributed by atoms with Crippen LogP contribution in [0.15, 0.2) is 53.1 Å². The predicted octanol–water partition coefficient (Wildman–Crippen LogP) is 3.63. The molecule has 5 rings (SSSR count). The zero-order valence-electron chi connectivity index (χ0n) is 19.4. The second kappa shape index (κ2) is 11.3. The molecule has 5 N–H and O–H groups in total. The van der Waals surface area contributed by atoms with Crippen LogP contribution in [0.4, 0.5) is 5.69 Å². The Hall–Kier alpha value is -3.51. The second-order valence-electron chi connectivity index (χ2n) is 8.67. The minimum Gasteiger partial charge on any atom is -0.451 e. The highest BCUT2D eigenvalue weighted by molar-refractivity contribution is 5.95. The fourth-order valence-corrected chi connectivity index (χ4v) is 4.69. The molecule has 0 bridgehead atoms. The largest absolute Gasteiger partial charge is 0.451 e. The number of unbranched alkanes of at least 4 members (excludes halogenated alkanes) is 1. The number of aromatic nitrogens is 1. The van der Waals surface area contributed by atoms with Gasteiger partial charge < -0.3 is 25.5 Å². The van der Waals surface area contributed by atoms with Crippen LogP contribution in [0.25, 0.3) is 21.9 Å². The first-order valence-corrected chi connectivity index (χ1v) is 11.4. The maximum absolute atomic E-state index is 11.4. The summed E-state index contributed by atoms with van der Waals surface area (Å²) >= 11 is 0. The van der Waals surface area contributed by atoms with E-state index >= 15 is 0 Å². The van der Waals surface area contributed by atoms with Gasteiger partial charge in [-0.15, -0.1) is 12.4 Å². The van der Waals surface area contributed by atoms with Crippen molar-refractivity contribution in [2.24, 2.45) is 5.73 Å². The number of carbonyl (C=O) groups is 1. The van der Waals surface area contributed by atoms with Crippen molar-refractivity contribution >= 4 is 45.9 Å². The van der Waals surface area contributed by atoms with Crippen LogP contribution < -0.4 is 10.6 Å². The number of furan rings is 1. The van der Waals surface area contributed by atoms with E-state index in [1.54, 1.807) is 6.07 Å². The Kier molecular flexibility index (Phi) is 8.41. The monoisotopic (exact) mass is 495 g/mol. The summed E-state index contributed by atoms with van der Waals surface area (Å²) in [6, 6.07) is 15.8. The molecule has 184 valence electrons. The molecule has 8 nitrogen and oxygen atoms in total. The van der Waals surface area contributed by atoms with Crippen molar-refractivity contribution in [3.63, 3.8) is 0 Å². The molecule has 1 amide bonds. The molecule has 1 aliphatic rings. The number of anilines is 1. The number of nitrogens with two attached hydrogens (primary N) is 1. The van der Waals surface area contributed by atoms with Crippen molar-refractivity contribution in [1.82, 2.24) is 9.88 Å². The summed E-state index contributed by atoms with van der Waals surface area (Å²) in [7, 11) is 0. The lowest BCUT2D eigenvalue weighted by molar-refractivity contribution is 0.0976. The number of nitrogens with one attached hydrogen (secondary N) is 1. The summed E-state index contributed by atoms with van der Waals surface area (Å²) in [4.78, 5) is 19.6. The van der Waals surface area contributed by atoms with Crippen molar-refractivity contribution in [3.05, 3.63) is 65.5 Å². The Morgan fingerprint density at radius 3 is 2.63 bits per heavy atom. The molecule has 0 atom stereocenters. The summed E-state index contributed by atoms with van der Waals surface area (Å²) in [5.74, 6) is -0.342. The zero-order chi connectivity index (χ0) is 22.8. The Morgan fingerprint density at radius 2 is 1.89 bits per heavy atom. The number of H-pyrrole nitrogens is 1. The fourth-order valence-electron chi connectivity index (χ4n) is 4.69. The number of carbonyl (C=O) groups excluding carboxylic acids is 1. The normalized spacial score (nSPS) is 13.9. The molecule has 1 saturated heterocycles. The Balaban J connectivity index is 0.00000171. The molecular weight excluding hydrogens is 466 g/mol. The van der Waals surface area contributed by atoms with Crippen LogP contribution in [-0.4, -0.2) is 54.0 Å². The van der Waals surface area contributed by atoms with E-state index in [4.69, 9.17) is 15.4 Å². The number of hydrogen-bond donors (Lipinski definition) is 2. The molecule has 1 aliphatic heterocycles. The number of amides is 1. The molecule has 3 heterocycles. The average molecular weight is 496 g/mol. The van der Waals surface area contributed by atoms with E-state index in [0.717, 1.165) is 62.2 Å². The number of halogens is 1. The van der Waals surface area contributed by atoms with Crippen LogP contribution in [-0.2, 0) is 6.42 Å². The number of rotatable bonds is 7. The zero-order valence-corrected chi connectivity index (χ0v) is 20.2. The number of aryl methyl sites for hydroxylation is 1. The number of piperazine rings is 1. The van der Waals surface area contributed by atoms with Crippen molar-refractivity contribution < 1.29 is 14.7 Å². The summed E-state index contributed by atoms with van der Waals surface area (Å²) in [5.41, 5.74) is 10.2. The van der Waals surface area contributed by atoms with Crippen molar-refractivity contribution in [3.8, 4) is 6.07 Å². The Bertz CT molecular complexity index is 1350. The van der Waals surface area contributed by atoms with Crippen molar-refractivity contribution in [1.29, 1.82) is 5.26 Å². The lowest BCUT2D eigenvalue weighted by Crippen LogP contribution is -2.46. The molecular formula is C26H30ClN5O3. The van der Waals surface area contributed by atoms with Crippen LogP contribution in [0.1, 0.15) is 34.5 Å². The first kappa shape index (κ1) is 26.1. The van der Waals surface area contributed by atoms with Crippen molar-refractivity contribution in [2.45, 2.75) is 19.3 Å². The molecule has 4 aromatic rings. The van der Waals surface area contributed by atoms with Gasteiger partial charge in [-0.1, -0.05) is 6.07 Å². The molecule has 9 heteroatoms. The first-order valence-electron chi connectivity index (χ1n) is 11.4. The maximum atomic E-state index is 11.4. The minimum atomic E-state index is -0.542. The number of fused-ring (bicyclic) bond motifs is 2. The number of benzene rings is 2. The lowest BCUT2D eigenvalue weighted by Gasteiger charge is -2.36. The van der Waals surface area contributed by atoms with Gasteiger partial charge in [0.2, 0.25) is 0 Å². The standard InChI is InChI=1S/C26H27N5O2.ClH.H2O/c27-16-18-4-6-22-19(17-29-23(22)13-18)3-1-2-8-30-9-11-31(12-10-30)21-5-7-24-20(14-21)15-25(33-24)26(28)32;;/h4-7,13-15,17,29H,1-3,8-12H2,(H2,28,32);1H;1H2. The molecule has 0 saturated carbocycles. The number of primary amides is 1. The van der Waals surface area contributed by atoms with Gasteiger partial charge in [-0.3, -0.25) is 9.69 Å². The molecule has 2 aromatic heterocycles. The van der Waals surface area contributed by atoms with Crippen molar-refractivity contribution in [2.75, 3.05) is 37.6 Å². The third-order valence-corrected chi connectivity index (χ3v) is 6.55. The Morgan fingerprint density at radius 1 is 1.09 bits per heavy atom. The van der Waals surface area contributed by atoms with E-state index < -0.39 is 5.91 Å². The molecule has 35 heavy (non-hydrogen) atoms. The smallest absolute Gasteiger partial charge is 0.284 e. The topological polar surface area (TPSA) is 134 Å². The molecule has 0 unspecified atom stereocenters. The van der Waals surface area contributed by atoms with Gasteiger partial charge in [-0.25, -0.2) is 0 Å². The van der Waals surface area contributed by atoms with Gasteiger partial charge in [0.15, 0.2) is 5.76 Å². The van der Waals surface area contributed by atoms with Crippen LogP contribution in [0.2, 0.25) is 0 Å². The van der Waals surface area contributed by atoms with E-state index in [0.29, 0.717) is 11.1 Å². The molecule has 1 fully saturated rings. The number of nitrogens with zero attached hydrogens (tertiary/aromatic N) is 3. The van der Waals surface area contributed by atoms with Gasteiger partial charge in [-0.05, 0) is 67.8 Å². The van der Waals surface area contributed by atoms with Crippen LogP contribution in [0, 0.1) is 11.3 Å². The highest BCUT2D eigenvalue weighted by Crippen LogP contribution is 2.26. The Labute approximate surface area is 210 Å². The quantitative estimate of drug-likeness (QED) is 0.377. The molecule has 0 radical (unpaired) electrons. The summed E-state index contributed by atoms with van der Waals surface area (Å²) in [5, 5.41) is 11.2. The fraction of sp³-hybridized carbons (Fsp3) is 0.308. The summed E-state index contributed by atoms with van der Waals surface area (Å²) in [6.07, 6.45) is 5.43. The van der Waals surface area contributed by atoms with Gasteiger partial charge >= 0.3 is 0 Å². The highest BCUT2D eigenvalue weighted by Gasteiger charge is 2.18.